The maximum absolute atomic E-state index is 11.8. The van der Waals surface area contributed by atoms with Gasteiger partial charge in [-0.15, -0.1) is 0 Å². The third-order valence-electron chi connectivity index (χ3n) is 3.20. The highest BCUT2D eigenvalue weighted by molar-refractivity contribution is 7.82. The van der Waals surface area contributed by atoms with Crippen molar-refractivity contribution >= 4 is 16.8 Å². The van der Waals surface area contributed by atoms with E-state index in [4.69, 9.17) is 9.66 Å². The molecule has 2 rings (SSSR count). The number of aromatic nitrogens is 1. The molecule has 1 heterocycles. The first-order valence-electron chi connectivity index (χ1n) is 6.76. The summed E-state index contributed by atoms with van der Waals surface area (Å²) in [7, 11) is -1.50. The van der Waals surface area contributed by atoms with E-state index < -0.39 is 11.0 Å². The Bertz CT molecular complexity index is 662. The van der Waals surface area contributed by atoms with Crippen molar-refractivity contribution in [2.75, 3.05) is 0 Å². The summed E-state index contributed by atoms with van der Waals surface area (Å²) in [6, 6.07) is 7.03. The van der Waals surface area contributed by atoms with Crippen molar-refractivity contribution in [3.05, 3.63) is 35.7 Å². The van der Waals surface area contributed by atoms with Crippen molar-refractivity contribution < 1.29 is 13.5 Å². The predicted octanol–water partition coefficient (Wildman–Crippen LogP) is 2.54. The first-order chi connectivity index (χ1) is 10.0. The number of hydrogen-bond donors (Lipinski definition) is 1. The number of carbonyl (C=O) groups excluding carboxylic acids is 1. The van der Waals surface area contributed by atoms with Crippen molar-refractivity contribution in [3.63, 3.8) is 0 Å². The van der Waals surface area contributed by atoms with Gasteiger partial charge in [0.05, 0.1) is 17.0 Å². The van der Waals surface area contributed by atoms with E-state index in [1.165, 1.54) is 0 Å². The Hall–Kier alpha value is -1.79. The van der Waals surface area contributed by atoms with Crippen LogP contribution in [0.3, 0.4) is 0 Å². The Morgan fingerprint density at radius 3 is 2.57 bits per heavy atom. The molecule has 0 spiro atoms. The van der Waals surface area contributed by atoms with Crippen LogP contribution in [-0.4, -0.2) is 15.1 Å². The van der Waals surface area contributed by atoms with Crippen molar-refractivity contribution in [2.45, 2.75) is 38.0 Å². The summed E-state index contributed by atoms with van der Waals surface area (Å²) in [5.74, 6) is 0.710. The smallest absolute Gasteiger partial charge is 0.152 e. The molecule has 2 aromatic rings. The molecule has 1 unspecified atom stereocenters. The van der Waals surface area contributed by atoms with Crippen LogP contribution < -0.4 is 5.14 Å². The number of carbonyl (C=O) groups is 1. The first kappa shape index (κ1) is 15.6. The highest BCUT2D eigenvalue weighted by Gasteiger charge is 2.17. The standard InChI is InChI=1S/C15H18N2O3S/c1-3-4-12(18)9-14-15(10(2)17-20-14)11-5-7-13(8-6-11)21(16)19/h5-8H,3-4,9,16H2,1-2H3. The van der Waals surface area contributed by atoms with Gasteiger partial charge in [-0.3, -0.25) is 4.79 Å². The normalized spacial score (nSPS) is 12.3. The summed E-state index contributed by atoms with van der Waals surface area (Å²) in [6.07, 6.45) is 1.59. The maximum atomic E-state index is 11.8. The minimum Gasteiger partial charge on any atom is -0.360 e. The van der Waals surface area contributed by atoms with Crippen molar-refractivity contribution in [2.24, 2.45) is 5.14 Å². The van der Waals surface area contributed by atoms with Gasteiger partial charge in [-0.1, -0.05) is 24.2 Å². The second-order valence-electron chi connectivity index (χ2n) is 4.85. The minimum atomic E-state index is -1.50. The second-order valence-corrected chi connectivity index (χ2v) is 5.92. The number of ketones is 1. The minimum absolute atomic E-state index is 0.134. The Labute approximate surface area is 126 Å². The van der Waals surface area contributed by atoms with Gasteiger partial charge in [0.15, 0.2) is 5.76 Å². The Kier molecular flexibility index (Phi) is 5.03. The molecule has 0 aliphatic carbocycles. The average molecular weight is 306 g/mol. The summed E-state index contributed by atoms with van der Waals surface area (Å²) >= 11 is 0. The van der Waals surface area contributed by atoms with Gasteiger partial charge in [-0.2, -0.15) is 0 Å². The molecule has 0 bridgehead atoms. The number of rotatable bonds is 6. The fourth-order valence-electron chi connectivity index (χ4n) is 2.21. The molecule has 5 nitrogen and oxygen atoms in total. The van der Waals surface area contributed by atoms with Gasteiger partial charge in [-0.05, 0) is 31.0 Å². The van der Waals surface area contributed by atoms with E-state index in [1.54, 1.807) is 12.1 Å². The van der Waals surface area contributed by atoms with Crippen molar-refractivity contribution in [3.8, 4) is 11.1 Å². The van der Waals surface area contributed by atoms with Gasteiger partial charge >= 0.3 is 0 Å². The lowest BCUT2D eigenvalue weighted by Gasteiger charge is -2.04. The van der Waals surface area contributed by atoms with E-state index >= 15 is 0 Å². The van der Waals surface area contributed by atoms with Gasteiger partial charge < -0.3 is 4.52 Å². The number of aryl methyl sites for hydroxylation is 1. The van der Waals surface area contributed by atoms with Crippen LogP contribution in [0.25, 0.3) is 11.1 Å². The van der Waals surface area contributed by atoms with E-state index in [9.17, 15) is 9.00 Å². The summed E-state index contributed by atoms with van der Waals surface area (Å²) in [6.45, 7) is 3.80. The molecule has 0 fully saturated rings. The summed E-state index contributed by atoms with van der Waals surface area (Å²) in [5.41, 5.74) is 2.44. The van der Waals surface area contributed by atoms with E-state index in [1.807, 2.05) is 26.0 Å². The maximum Gasteiger partial charge on any atom is 0.152 e. The zero-order chi connectivity index (χ0) is 15.4. The zero-order valence-corrected chi connectivity index (χ0v) is 12.9. The number of benzene rings is 1. The summed E-state index contributed by atoms with van der Waals surface area (Å²) < 4.78 is 16.5. The fraction of sp³-hybridized carbons (Fsp3) is 0.333. The van der Waals surface area contributed by atoms with E-state index in [-0.39, 0.29) is 12.2 Å². The molecular formula is C15H18N2O3S. The van der Waals surface area contributed by atoms with Crippen LogP contribution >= 0.6 is 0 Å². The molecule has 0 saturated heterocycles. The van der Waals surface area contributed by atoms with E-state index in [0.29, 0.717) is 17.1 Å². The molecule has 0 aliphatic heterocycles. The van der Waals surface area contributed by atoms with Crippen LogP contribution in [0.5, 0.6) is 0 Å². The number of nitrogens with two attached hydrogens (primary N) is 1. The largest absolute Gasteiger partial charge is 0.360 e. The molecule has 0 aliphatic rings. The number of hydrogen-bond acceptors (Lipinski definition) is 4. The zero-order valence-electron chi connectivity index (χ0n) is 12.1. The third kappa shape index (κ3) is 3.65. The quantitative estimate of drug-likeness (QED) is 0.888. The van der Waals surface area contributed by atoms with Gasteiger partial charge in [0, 0.05) is 12.0 Å². The van der Waals surface area contributed by atoms with Crippen LogP contribution in [0.1, 0.15) is 31.2 Å². The average Bonchev–Trinajstić information content (AvgIpc) is 2.80. The van der Waals surface area contributed by atoms with Gasteiger partial charge in [0.1, 0.15) is 16.8 Å². The molecule has 1 aromatic carbocycles. The molecule has 1 atom stereocenters. The van der Waals surface area contributed by atoms with Crippen LogP contribution in [0.15, 0.2) is 33.7 Å². The molecule has 112 valence electrons. The highest BCUT2D eigenvalue weighted by Crippen LogP contribution is 2.28. The van der Waals surface area contributed by atoms with E-state index in [0.717, 1.165) is 23.2 Å². The lowest BCUT2D eigenvalue weighted by atomic mass is 10.0. The van der Waals surface area contributed by atoms with Crippen LogP contribution in [0.2, 0.25) is 0 Å². The van der Waals surface area contributed by atoms with Crippen molar-refractivity contribution in [1.29, 1.82) is 0 Å². The number of Topliss-reactive ketones (excluding diaryl/α,β-unsaturated/α-hetero) is 1. The number of nitrogens with zero attached hydrogens (tertiary/aromatic N) is 1. The highest BCUT2D eigenvalue weighted by atomic mass is 32.2. The monoisotopic (exact) mass is 306 g/mol. The molecule has 0 amide bonds. The summed E-state index contributed by atoms with van der Waals surface area (Å²) in [5, 5.41) is 9.29. The Balaban J connectivity index is 2.32. The molecule has 1 aromatic heterocycles. The second kappa shape index (κ2) is 6.78. The molecular weight excluding hydrogens is 288 g/mol. The fourth-order valence-corrected chi connectivity index (χ4v) is 2.61. The molecule has 0 saturated carbocycles. The summed E-state index contributed by atoms with van der Waals surface area (Å²) in [4.78, 5) is 12.4. The lowest BCUT2D eigenvalue weighted by Crippen LogP contribution is -2.03. The predicted molar refractivity (Wildman–Crippen MR) is 80.9 cm³/mol. The van der Waals surface area contributed by atoms with Crippen LogP contribution in [-0.2, 0) is 22.2 Å². The first-order valence-corrected chi connectivity index (χ1v) is 7.97. The molecule has 2 N–H and O–H groups in total. The van der Waals surface area contributed by atoms with Crippen LogP contribution in [0.4, 0.5) is 0 Å². The SMILES string of the molecule is CCCC(=O)Cc1onc(C)c1-c1ccc(S(N)=O)cc1. The Morgan fingerprint density at radius 2 is 2.00 bits per heavy atom. The van der Waals surface area contributed by atoms with Crippen LogP contribution in [0, 0.1) is 6.92 Å². The molecule has 0 radical (unpaired) electrons. The van der Waals surface area contributed by atoms with Crippen molar-refractivity contribution in [1.82, 2.24) is 5.16 Å². The molecule has 6 heteroatoms. The lowest BCUT2D eigenvalue weighted by molar-refractivity contribution is -0.118. The van der Waals surface area contributed by atoms with Gasteiger partial charge in [-0.25, -0.2) is 9.35 Å². The van der Waals surface area contributed by atoms with E-state index in [2.05, 4.69) is 5.16 Å². The topological polar surface area (TPSA) is 86.2 Å². The van der Waals surface area contributed by atoms with Gasteiger partial charge in [0.2, 0.25) is 0 Å². The Morgan fingerprint density at radius 1 is 1.33 bits per heavy atom. The third-order valence-corrected chi connectivity index (χ3v) is 3.93. The van der Waals surface area contributed by atoms with Gasteiger partial charge in [0.25, 0.3) is 0 Å². The molecule has 21 heavy (non-hydrogen) atoms.